The van der Waals surface area contributed by atoms with E-state index in [2.05, 4.69) is 50.8 Å². The zero-order valence-electron chi connectivity index (χ0n) is 16.3. The molecule has 7 nitrogen and oxygen atoms in total. The predicted octanol–water partition coefficient (Wildman–Crippen LogP) is 2.48. The number of tetrazole rings is 1. The molecule has 1 atom stereocenters. The van der Waals surface area contributed by atoms with Gasteiger partial charge < -0.3 is 9.47 Å². The Bertz CT molecular complexity index is 926. The van der Waals surface area contributed by atoms with Crippen LogP contribution in [0.15, 0.2) is 48.5 Å². The minimum atomic E-state index is -0.101. The smallest absolute Gasteiger partial charge is 0.173 e. The van der Waals surface area contributed by atoms with Gasteiger partial charge in [-0.05, 0) is 34.0 Å². The van der Waals surface area contributed by atoms with E-state index in [0.29, 0.717) is 13.2 Å². The van der Waals surface area contributed by atoms with Crippen LogP contribution < -0.4 is 4.74 Å². The van der Waals surface area contributed by atoms with Gasteiger partial charge in [-0.2, -0.15) is 0 Å². The van der Waals surface area contributed by atoms with E-state index in [9.17, 15) is 0 Å². The van der Waals surface area contributed by atoms with Crippen LogP contribution >= 0.6 is 0 Å². The number of nitrogens with zero attached hydrogens (tertiary/aromatic N) is 5. The summed E-state index contributed by atoms with van der Waals surface area (Å²) in [6.45, 7) is 2.93. The van der Waals surface area contributed by atoms with Crippen molar-refractivity contribution in [2.24, 2.45) is 0 Å². The molecule has 0 saturated carbocycles. The van der Waals surface area contributed by atoms with E-state index < -0.39 is 0 Å². The Kier molecular flexibility index (Phi) is 5.64. The van der Waals surface area contributed by atoms with E-state index in [4.69, 9.17) is 9.47 Å². The zero-order chi connectivity index (χ0) is 19.3. The molecule has 3 aromatic rings. The second-order valence-corrected chi connectivity index (χ2v) is 6.89. The molecular weight excluding hydrogens is 354 g/mol. The van der Waals surface area contributed by atoms with Crippen LogP contribution in [0.5, 0.6) is 5.75 Å². The van der Waals surface area contributed by atoms with Crippen molar-refractivity contribution in [1.29, 1.82) is 0 Å². The first-order valence-corrected chi connectivity index (χ1v) is 9.50. The van der Waals surface area contributed by atoms with Gasteiger partial charge in [0.05, 0.1) is 20.3 Å². The number of fused-ring (bicyclic) bond motifs is 1. The summed E-state index contributed by atoms with van der Waals surface area (Å²) in [7, 11) is 3.39. The highest BCUT2D eigenvalue weighted by Crippen LogP contribution is 2.36. The predicted molar refractivity (Wildman–Crippen MR) is 105 cm³/mol. The number of methoxy groups -OCH3 is 2. The second kappa shape index (κ2) is 8.50. The van der Waals surface area contributed by atoms with Gasteiger partial charge in [-0.15, -0.1) is 5.10 Å². The van der Waals surface area contributed by atoms with Crippen LogP contribution in [0.1, 0.15) is 28.6 Å². The van der Waals surface area contributed by atoms with Crippen molar-refractivity contribution in [3.63, 3.8) is 0 Å². The van der Waals surface area contributed by atoms with E-state index in [1.165, 1.54) is 11.1 Å². The molecular formula is C21H25N5O2. The molecule has 1 aliphatic heterocycles. The summed E-state index contributed by atoms with van der Waals surface area (Å²) in [6.07, 6.45) is 1.00. The molecule has 0 amide bonds. The van der Waals surface area contributed by atoms with E-state index in [0.717, 1.165) is 36.6 Å². The topological polar surface area (TPSA) is 65.3 Å². The van der Waals surface area contributed by atoms with Crippen molar-refractivity contribution in [3.05, 3.63) is 71.0 Å². The number of hydrogen-bond acceptors (Lipinski definition) is 6. The van der Waals surface area contributed by atoms with E-state index >= 15 is 0 Å². The third-order valence-electron chi connectivity index (χ3n) is 5.27. The van der Waals surface area contributed by atoms with Gasteiger partial charge in [0.1, 0.15) is 11.8 Å². The number of para-hydroxylation sites is 1. The lowest BCUT2D eigenvalue weighted by molar-refractivity contribution is 0.168. The monoisotopic (exact) mass is 379 g/mol. The lowest BCUT2D eigenvalue weighted by Gasteiger charge is -2.35. The molecule has 0 saturated heterocycles. The molecule has 1 aliphatic rings. The van der Waals surface area contributed by atoms with Crippen LogP contribution in [0.4, 0.5) is 0 Å². The summed E-state index contributed by atoms with van der Waals surface area (Å²) in [6, 6.07) is 16.6. The highest BCUT2D eigenvalue weighted by Gasteiger charge is 2.32. The Balaban J connectivity index is 1.76. The number of ether oxygens (including phenoxy) is 2. The first-order chi connectivity index (χ1) is 13.8. The fraction of sp³-hybridized carbons (Fsp3) is 0.381. The molecule has 28 heavy (non-hydrogen) atoms. The van der Waals surface area contributed by atoms with Crippen molar-refractivity contribution in [3.8, 4) is 5.75 Å². The molecule has 2 aromatic carbocycles. The summed E-state index contributed by atoms with van der Waals surface area (Å²) >= 11 is 0. The summed E-state index contributed by atoms with van der Waals surface area (Å²) in [4.78, 5) is 2.43. The lowest BCUT2D eigenvalue weighted by atomic mass is 9.95. The third kappa shape index (κ3) is 3.63. The minimum absolute atomic E-state index is 0.101. The Morgan fingerprint density at radius 1 is 1.04 bits per heavy atom. The van der Waals surface area contributed by atoms with Crippen molar-refractivity contribution >= 4 is 0 Å². The lowest BCUT2D eigenvalue weighted by Crippen LogP contribution is -2.36. The highest BCUT2D eigenvalue weighted by molar-refractivity contribution is 5.40. The van der Waals surface area contributed by atoms with E-state index in [1.807, 2.05) is 22.9 Å². The maximum Gasteiger partial charge on any atom is 0.173 e. The largest absolute Gasteiger partial charge is 0.496 e. The van der Waals surface area contributed by atoms with Crippen LogP contribution in [0.25, 0.3) is 0 Å². The molecule has 0 unspecified atom stereocenters. The Morgan fingerprint density at radius 3 is 2.64 bits per heavy atom. The van der Waals surface area contributed by atoms with Crippen LogP contribution in [0.2, 0.25) is 0 Å². The number of rotatable bonds is 7. The Hall–Kier alpha value is -2.77. The summed E-state index contributed by atoms with van der Waals surface area (Å²) < 4.78 is 12.7. The van der Waals surface area contributed by atoms with Gasteiger partial charge in [0.2, 0.25) is 0 Å². The molecule has 0 bridgehead atoms. The fourth-order valence-corrected chi connectivity index (χ4v) is 3.87. The van der Waals surface area contributed by atoms with Crippen LogP contribution in [0.3, 0.4) is 0 Å². The minimum Gasteiger partial charge on any atom is -0.496 e. The van der Waals surface area contributed by atoms with Crippen LogP contribution in [0, 0.1) is 0 Å². The van der Waals surface area contributed by atoms with E-state index in [-0.39, 0.29) is 6.04 Å². The maximum absolute atomic E-state index is 5.68. The molecule has 0 aliphatic carbocycles. The maximum atomic E-state index is 5.68. The molecule has 0 N–H and O–H groups in total. The molecule has 0 fully saturated rings. The van der Waals surface area contributed by atoms with Gasteiger partial charge in [0, 0.05) is 25.8 Å². The van der Waals surface area contributed by atoms with Gasteiger partial charge in [-0.25, -0.2) is 4.68 Å². The molecule has 0 spiro atoms. The quantitative estimate of drug-likeness (QED) is 0.628. The number of hydrogen-bond donors (Lipinski definition) is 0. The number of aromatic nitrogens is 4. The Labute approximate surface area is 164 Å². The summed E-state index contributed by atoms with van der Waals surface area (Å²) in [5.41, 5.74) is 3.83. The molecule has 2 heterocycles. The average molecular weight is 379 g/mol. The molecule has 4 rings (SSSR count). The molecule has 7 heteroatoms. The Morgan fingerprint density at radius 2 is 1.82 bits per heavy atom. The van der Waals surface area contributed by atoms with Crippen molar-refractivity contribution in [2.45, 2.75) is 25.6 Å². The second-order valence-electron chi connectivity index (χ2n) is 6.89. The molecule has 1 aromatic heterocycles. The normalized spacial score (nSPS) is 15.2. The van der Waals surface area contributed by atoms with Gasteiger partial charge in [-0.3, -0.25) is 4.90 Å². The van der Waals surface area contributed by atoms with Crippen LogP contribution in [-0.4, -0.2) is 52.5 Å². The first kappa shape index (κ1) is 18.6. The standard InChI is InChI=1S/C21H25N5O2/c1-27-14-13-26-21(22-23-24-26)20(18-9-5-6-10-19(18)28-2)25-12-11-16-7-3-4-8-17(16)15-25/h3-10,20H,11-15H2,1-2H3/t20-/m1/s1. The summed E-state index contributed by atoms with van der Waals surface area (Å²) in [5.74, 6) is 1.65. The van der Waals surface area contributed by atoms with Gasteiger partial charge in [0.15, 0.2) is 5.82 Å². The van der Waals surface area contributed by atoms with Gasteiger partial charge in [-0.1, -0.05) is 42.5 Å². The van der Waals surface area contributed by atoms with Crippen LogP contribution in [-0.2, 0) is 24.2 Å². The van der Waals surface area contributed by atoms with Gasteiger partial charge in [0.25, 0.3) is 0 Å². The molecule has 0 radical (unpaired) electrons. The third-order valence-corrected chi connectivity index (χ3v) is 5.27. The van der Waals surface area contributed by atoms with Gasteiger partial charge >= 0.3 is 0 Å². The van der Waals surface area contributed by atoms with Crippen molar-refractivity contribution < 1.29 is 9.47 Å². The summed E-state index contributed by atoms with van der Waals surface area (Å²) in [5, 5.41) is 12.6. The SMILES string of the molecule is COCCn1nnnc1[C@@H](c1ccccc1OC)N1CCc2ccccc2C1. The van der Waals surface area contributed by atoms with Crippen molar-refractivity contribution in [1.82, 2.24) is 25.1 Å². The number of benzene rings is 2. The van der Waals surface area contributed by atoms with Crippen molar-refractivity contribution in [2.75, 3.05) is 27.4 Å². The first-order valence-electron chi connectivity index (χ1n) is 9.50. The molecule has 146 valence electrons. The van der Waals surface area contributed by atoms with E-state index in [1.54, 1.807) is 14.2 Å². The average Bonchev–Trinajstić information content (AvgIpc) is 3.21. The zero-order valence-corrected chi connectivity index (χ0v) is 16.3. The highest BCUT2D eigenvalue weighted by atomic mass is 16.5. The fourth-order valence-electron chi connectivity index (χ4n) is 3.87.